The molecule has 0 fully saturated rings. The molecule has 0 aliphatic heterocycles. The first-order chi connectivity index (χ1) is 28.1. The number of anilines is 3. The van der Waals surface area contributed by atoms with Crippen molar-refractivity contribution >= 4 is 52.3 Å². The van der Waals surface area contributed by atoms with E-state index in [1.54, 1.807) is 98.7 Å². The number of nitrogens with two attached hydrogens (primary N) is 6. The van der Waals surface area contributed by atoms with Crippen molar-refractivity contribution in [1.82, 2.24) is 0 Å². The lowest BCUT2D eigenvalue weighted by atomic mass is 9.81. The van der Waals surface area contributed by atoms with Crippen LogP contribution in [0.1, 0.15) is 155 Å². The highest BCUT2D eigenvalue weighted by atomic mass is 16.6. The minimum absolute atomic E-state index is 0.0521. The summed E-state index contributed by atoms with van der Waals surface area (Å²) in [4.78, 5) is 77.1. The summed E-state index contributed by atoms with van der Waals surface area (Å²) in [5, 5.41) is 0. The molecule has 0 aromatic heterocycles. The van der Waals surface area contributed by atoms with Gasteiger partial charge in [0.15, 0.2) is 17.3 Å². The highest BCUT2D eigenvalue weighted by Gasteiger charge is 2.29. The summed E-state index contributed by atoms with van der Waals surface area (Å²) < 4.78 is 16.0. The molecule has 12 N–H and O–H groups in total. The maximum atomic E-state index is 13.4. The second kappa shape index (κ2) is 20.3. The zero-order chi connectivity index (χ0) is 46.2. The van der Waals surface area contributed by atoms with Gasteiger partial charge in [0.1, 0.15) is 16.8 Å². The predicted molar refractivity (Wildman–Crippen MR) is 236 cm³/mol. The summed E-state index contributed by atoms with van der Waals surface area (Å²) in [5.74, 6) is -3.53. The number of Topliss-reactive ketones (excluding diaryl/α,β-unsaturated/α-hetero) is 3. The number of rotatable bonds is 18. The highest BCUT2D eigenvalue weighted by molar-refractivity contribution is 6.02. The molecule has 3 rings (SSSR count). The average Bonchev–Trinajstić information content (AvgIpc) is 3.13. The van der Waals surface area contributed by atoms with Gasteiger partial charge in [-0.05, 0) is 116 Å². The van der Waals surface area contributed by atoms with Gasteiger partial charge in [-0.1, -0.05) is 36.4 Å². The van der Waals surface area contributed by atoms with E-state index >= 15 is 0 Å². The molecule has 332 valence electrons. The molecule has 15 heteroatoms. The molecule has 0 heterocycles. The van der Waals surface area contributed by atoms with Crippen LogP contribution in [-0.2, 0) is 28.6 Å². The van der Waals surface area contributed by atoms with Crippen molar-refractivity contribution in [2.75, 3.05) is 17.2 Å². The number of ketones is 3. The van der Waals surface area contributed by atoms with Crippen LogP contribution in [0.15, 0.2) is 54.6 Å². The standard InChI is InChI=1S/C46H64N6O9/c1-44(2,3)59-37(53)19-16-31(47)41(56)25-10-13-28(34(50)22-25)40(29-14-11-26(23-35(29)51)42(57)32(48)17-20-38(54)60-45(4,5)6)30-15-12-27(24-36(30)52)43(58)33(49)18-21-39(55)61-46(7,8)9/h10-15,22-24,31-33,40H,16-21,47-52H2,1-9H3/t31-,32-,33-/m0/s1. The Kier molecular flexibility index (Phi) is 16.5. The van der Waals surface area contributed by atoms with Gasteiger partial charge in [0.2, 0.25) is 0 Å². The summed E-state index contributed by atoms with van der Waals surface area (Å²) in [6, 6.07) is 11.0. The molecule has 0 saturated carbocycles. The summed E-state index contributed by atoms with van der Waals surface area (Å²) in [6.45, 7) is 15.7. The van der Waals surface area contributed by atoms with E-state index in [2.05, 4.69) is 0 Å². The van der Waals surface area contributed by atoms with Crippen molar-refractivity contribution in [2.24, 2.45) is 17.2 Å². The Morgan fingerprint density at radius 3 is 0.869 bits per heavy atom. The molecule has 0 amide bonds. The van der Waals surface area contributed by atoms with E-state index in [-0.39, 0.29) is 72.3 Å². The SMILES string of the molecule is CC(C)(C)OC(=O)CC[C@H](N)C(=O)c1ccc(C(c2ccc(C(=O)[C@@H](N)CCC(=O)OC(C)(C)C)cc2N)c2ccc(C(=O)[C@@H](N)CCC(=O)OC(C)(C)C)cc2N)c(N)c1. The number of nitrogen functional groups attached to an aromatic ring is 3. The molecule has 0 aliphatic rings. The Balaban J connectivity index is 2.01. The molecule has 3 atom stereocenters. The highest BCUT2D eigenvalue weighted by Crippen LogP contribution is 2.41. The molecular formula is C46H64N6O9. The van der Waals surface area contributed by atoms with Crippen molar-refractivity contribution in [3.63, 3.8) is 0 Å². The molecule has 0 unspecified atom stereocenters. The van der Waals surface area contributed by atoms with Crippen LogP contribution < -0.4 is 34.4 Å². The third-order valence-corrected chi connectivity index (χ3v) is 9.30. The number of ether oxygens (including phenoxy) is 3. The van der Waals surface area contributed by atoms with Gasteiger partial charge in [0, 0.05) is 58.9 Å². The Morgan fingerprint density at radius 2 is 0.672 bits per heavy atom. The number of hydrogen-bond acceptors (Lipinski definition) is 15. The number of carbonyl (C=O) groups excluding carboxylic acids is 6. The van der Waals surface area contributed by atoms with Gasteiger partial charge in [0.05, 0.1) is 18.1 Å². The van der Waals surface area contributed by atoms with Crippen LogP contribution >= 0.6 is 0 Å². The van der Waals surface area contributed by atoms with Crippen LogP contribution in [0, 0.1) is 0 Å². The van der Waals surface area contributed by atoms with Crippen molar-refractivity contribution < 1.29 is 43.0 Å². The maximum Gasteiger partial charge on any atom is 0.306 e. The van der Waals surface area contributed by atoms with Gasteiger partial charge in [0.25, 0.3) is 0 Å². The van der Waals surface area contributed by atoms with Crippen LogP contribution in [0.2, 0.25) is 0 Å². The van der Waals surface area contributed by atoms with Crippen LogP contribution in [0.5, 0.6) is 0 Å². The number of hydrogen-bond donors (Lipinski definition) is 6. The molecule has 0 spiro atoms. The topological polar surface area (TPSA) is 286 Å². The summed E-state index contributed by atoms with van der Waals surface area (Å²) in [5.41, 5.74) is 39.3. The third kappa shape index (κ3) is 15.1. The molecule has 3 aromatic rings. The van der Waals surface area contributed by atoms with Crippen LogP contribution in [-0.4, -0.2) is 70.2 Å². The molecular weight excluding hydrogens is 781 g/mol. The summed E-state index contributed by atoms with van der Waals surface area (Å²) in [6.07, 6.45) is -0.0143. The fourth-order valence-electron chi connectivity index (χ4n) is 6.51. The van der Waals surface area contributed by atoms with Gasteiger partial charge < -0.3 is 48.6 Å². The van der Waals surface area contributed by atoms with Crippen LogP contribution in [0.25, 0.3) is 0 Å². The van der Waals surface area contributed by atoms with Crippen molar-refractivity contribution in [1.29, 1.82) is 0 Å². The lowest BCUT2D eigenvalue weighted by molar-refractivity contribution is -0.156. The molecule has 0 bridgehead atoms. The van der Waals surface area contributed by atoms with E-state index in [0.717, 1.165) is 0 Å². The van der Waals surface area contributed by atoms with Gasteiger partial charge in [-0.25, -0.2) is 0 Å². The van der Waals surface area contributed by atoms with E-state index in [4.69, 9.17) is 48.6 Å². The van der Waals surface area contributed by atoms with Gasteiger partial charge >= 0.3 is 17.9 Å². The fourth-order valence-corrected chi connectivity index (χ4v) is 6.51. The second-order valence-electron chi connectivity index (χ2n) is 18.3. The van der Waals surface area contributed by atoms with E-state index in [9.17, 15) is 28.8 Å². The first-order valence-electron chi connectivity index (χ1n) is 20.3. The van der Waals surface area contributed by atoms with E-state index < -0.39 is 76.1 Å². The smallest absolute Gasteiger partial charge is 0.306 e. The van der Waals surface area contributed by atoms with E-state index in [1.165, 1.54) is 18.2 Å². The molecule has 0 radical (unpaired) electrons. The van der Waals surface area contributed by atoms with Gasteiger partial charge in [-0.3, -0.25) is 28.8 Å². The molecule has 0 aliphatic carbocycles. The van der Waals surface area contributed by atoms with Crippen LogP contribution in [0.4, 0.5) is 17.1 Å². The number of carbonyl (C=O) groups is 6. The minimum atomic E-state index is -1.01. The monoisotopic (exact) mass is 844 g/mol. The Labute approximate surface area is 358 Å². The number of benzene rings is 3. The zero-order valence-corrected chi connectivity index (χ0v) is 36.9. The Hall–Kier alpha value is -5.64. The lowest BCUT2D eigenvalue weighted by Gasteiger charge is -2.25. The first kappa shape index (κ1) is 49.7. The van der Waals surface area contributed by atoms with Gasteiger partial charge in [-0.15, -0.1) is 0 Å². The molecule has 15 nitrogen and oxygen atoms in total. The minimum Gasteiger partial charge on any atom is -0.460 e. The fraction of sp³-hybridized carbons (Fsp3) is 0.478. The zero-order valence-electron chi connectivity index (χ0n) is 36.9. The average molecular weight is 845 g/mol. The largest absolute Gasteiger partial charge is 0.460 e. The Morgan fingerprint density at radius 1 is 0.443 bits per heavy atom. The quantitative estimate of drug-likeness (QED) is 0.0303. The maximum absolute atomic E-state index is 13.4. The van der Waals surface area contributed by atoms with Crippen molar-refractivity contribution in [2.45, 2.75) is 142 Å². The first-order valence-corrected chi connectivity index (χ1v) is 20.3. The summed E-state index contributed by atoms with van der Waals surface area (Å²) in [7, 11) is 0. The van der Waals surface area contributed by atoms with Crippen molar-refractivity contribution in [3.05, 3.63) is 88.0 Å². The third-order valence-electron chi connectivity index (χ3n) is 9.30. The summed E-state index contributed by atoms with van der Waals surface area (Å²) >= 11 is 0. The lowest BCUT2D eigenvalue weighted by Crippen LogP contribution is -2.32. The Bertz CT molecular complexity index is 1880. The number of esters is 3. The normalized spacial score (nSPS) is 13.5. The molecule has 61 heavy (non-hydrogen) atoms. The predicted octanol–water partition coefficient (Wildman–Crippen LogP) is 5.51. The second-order valence-corrected chi connectivity index (χ2v) is 18.3. The van der Waals surface area contributed by atoms with Crippen molar-refractivity contribution in [3.8, 4) is 0 Å². The van der Waals surface area contributed by atoms with E-state index in [1.807, 2.05) is 0 Å². The molecule has 3 aromatic carbocycles. The van der Waals surface area contributed by atoms with E-state index in [0.29, 0.717) is 16.7 Å². The molecule has 0 saturated heterocycles. The van der Waals surface area contributed by atoms with Crippen LogP contribution in [0.3, 0.4) is 0 Å². The van der Waals surface area contributed by atoms with Gasteiger partial charge in [-0.2, -0.15) is 0 Å².